The number of azide groups is 1. The van der Waals surface area contributed by atoms with Crippen LogP contribution < -0.4 is 0 Å². The Hall–Kier alpha value is -1.28. The maximum absolute atomic E-state index is 10.4. The van der Waals surface area contributed by atoms with Gasteiger partial charge in [-0.2, -0.15) is 0 Å². The topological polar surface area (TPSA) is 96.7 Å². The van der Waals surface area contributed by atoms with Crippen molar-refractivity contribution < 1.29 is 19.3 Å². The number of hydrogen-bond acceptors (Lipinski definition) is 6. The SMILES string of the molecule is COC[C@@H](N=[N+]=[N-])[C@H]1OC(Sc2ccccc2)[C@H](O)[C@@H]1OC. The van der Waals surface area contributed by atoms with Gasteiger partial charge in [-0.3, -0.25) is 0 Å². The van der Waals surface area contributed by atoms with Crippen LogP contribution >= 0.6 is 11.8 Å². The van der Waals surface area contributed by atoms with Gasteiger partial charge >= 0.3 is 0 Å². The largest absolute Gasteiger partial charge is 0.387 e. The highest BCUT2D eigenvalue weighted by Gasteiger charge is 2.47. The van der Waals surface area contributed by atoms with E-state index in [2.05, 4.69) is 10.0 Å². The molecule has 2 rings (SSSR count). The van der Waals surface area contributed by atoms with Crippen LogP contribution in [-0.4, -0.2) is 55.7 Å². The van der Waals surface area contributed by atoms with Crippen molar-refractivity contribution in [3.63, 3.8) is 0 Å². The molecule has 1 fully saturated rings. The maximum Gasteiger partial charge on any atom is 0.136 e. The average Bonchev–Trinajstić information content (AvgIpc) is 2.84. The second-order valence-corrected chi connectivity index (χ2v) is 5.99. The van der Waals surface area contributed by atoms with E-state index in [1.807, 2.05) is 30.3 Å². The summed E-state index contributed by atoms with van der Waals surface area (Å²) in [5.74, 6) is 0. The summed E-state index contributed by atoms with van der Waals surface area (Å²) in [4.78, 5) is 3.80. The van der Waals surface area contributed by atoms with Crippen molar-refractivity contribution >= 4 is 11.8 Å². The highest BCUT2D eigenvalue weighted by molar-refractivity contribution is 7.99. The van der Waals surface area contributed by atoms with E-state index in [-0.39, 0.29) is 6.61 Å². The number of aliphatic hydroxyl groups is 1. The van der Waals surface area contributed by atoms with Gasteiger partial charge in [0, 0.05) is 24.0 Å². The number of methoxy groups -OCH3 is 2. The van der Waals surface area contributed by atoms with Crippen LogP contribution in [0.4, 0.5) is 0 Å². The molecule has 0 radical (unpaired) electrons. The highest BCUT2D eigenvalue weighted by atomic mass is 32.2. The summed E-state index contributed by atoms with van der Waals surface area (Å²) >= 11 is 1.41. The lowest BCUT2D eigenvalue weighted by Crippen LogP contribution is -2.41. The molecule has 0 aliphatic carbocycles. The van der Waals surface area contributed by atoms with Gasteiger partial charge in [0.15, 0.2) is 0 Å². The van der Waals surface area contributed by atoms with Gasteiger partial charge in [0.2, 0.25) is 0 Å². The molecule has 1 aromatic rings. The standard InChI is InChI=1S/C14H19N3O4S/c1-19-8-10(16-17-15)12-13(20-2)11(18)14(21-12)22-9-6-4-3-5-7-9/h3-7,10-14,18H,8H2,1-2H3/t10-,11-,12-,13+,14?/m1/s1. The molecule has 0 amide bonds. The van der Waals surface area contributed by atoms with Crippen LogP contribution in [0.25, 0.3) is 10.4 Å². The zero-order valence-electron chi connectivity index (χ0n) is 12.4. The van der Waals surface area contributed by atoms with E-state index in [1.54, 1.807) is 0 Å². The van der Waals surface area contributed by atoms with Gasteiger partial charge in [0.05, 0.1) is 18.8 Å². The molecule has 1 aliphatic heterocycles. The number of rotatable bonds is 7. The van der Waals surface area contributed by atoms with Gasteiger partial charge in [-0.15, -0.1) is 0 Å². The number of aliphatic hydroxyl groups excluding tert-OH is 1. The minimum atomic E-state index is -0.826. The smallest absolute Gasteiger partial charge is 0.136 e. The Morgan fingerprint density at radius 2 is 2.14 bits per heavy atom. The van der Waals surface area contributed by atoms with Gasteiger partial charge < -0.3 is 19.3 Å². The molecule has 8 heteroatoms. The number of hydrogen-bond donors (Lipinski definition) is 1. The van der Waals surface area contributed by atoms with Crippen LogP contribution in [0.3, 0.4) is 0 Å². The number of thioether (sulfide) groups is 1. The Kier molecular flexibility index (Phi) is 6.50. The van der Waals surface area contributed by atoms with Gasteiger partial charge in [0.25, 0.3) is 0 Å². The summed E-state index contributed by atoms with van der Waals surface area (Å²) in [6.45, 7) is 0.198. The van der Waals surface area contributed by atoms with Gasteiger partial charge in [-0.05, 0) is 17.7 Å². The van der Waals surface area contributed by atoms with Crippen LogP contribution in [0.1, 0.15) is 0 Å². The minimum absolute atomic E-state index is 0.198. The van der Waals surface area contributed by atoms with Crippen molar-refractivity contribution in [1.29, 1.82) is 0 Å². The van der Waals surface area contributed by atoms with Crippen molar-refractivity contribution in [1.82, 2.24) is 0 Å². The summed E-state index contributed by atoms with van der Waals surface area (Å²) in [5, 5.41) is 14.1. The third-order valence-electron chi connectivity index (χ3n) is 3.41. The Balaban J connectivity index is 2.13. The van der Waals surface area contributed by atoms with Crippen molar-refractivity contribution in [2.45, 2.75) is 34.7 Å². The zero-order chi connectivity index (χ0) is 15.9. The summed E-state index contributed by atoms with van der Waals surface area (Å²) in [7, 11) is 3.02. The third-order valence-corrected chi connectivity index (χ3v) is 4.58. The molecule has 1 N–H and O–H groups in total. The quantitative estimate of drug-likeness (QED) is 0.471. The van der Waals surface area contributed by atoms with Crippen LogP contribution in [0.2, 0.25) is 0 Å². The first-order valence-electron chi connectivity index (χ1n) is 6.82. The molecule has 0 spiro atoms. The lowest BCUT2D eigenvalue weighted by molar-refractivity contribution is -0.0298. The van der Waals surface area contributed by atoms with E-state index in [0.29, 0.717) is 0 Å². The van der Waals surface area contributed by atoms with Gasteiger partial charge in [-0.1, -0.05) is 35.1 Å². The van der Waals surface area contributed by atoms with Crippen LogP contribution in [0, 0.1) is 0 Å². The maximum atomic E-state index is 10.4. The zero-order valence-corrected chi connectivity index (χ0v) is 13.2. The summed E-state index contributed by atoms with van der Waals surface area (Å²) in [6.07, 6.45) is -1.96. The van der Waals surface area contributed by atoms with E-state index in [9.17, 15) is 5.11 Å². The highest BCUT2D eigenvalue weighted by Crippen LogP contribution is 2.36. The Morgan fingerprint density at radius 3 is 2.73 bits per heavy atom. The molecular formula is C14H19N3O4S. The molecule has 0 bridgehead atoms. The molecule has 120 valence electrons. The van der Waals surface area contributed by atoms with E-state index < -0.39 is 29.8 Å². The summed E-state index contributed by atoms with van der Waals surface area (Å²) in [6, 6.07) is 9.08. The van der Waals surface area contributed by atoms with Gasteiger partial charge in [-0.25, -0.2) is 0 Å². The molecule has 1 aliphatic rings. The lowest BCUT2D eigenvalue weighted by atomic mass is 10.1. The van der Waals surface area contributed by atoms with E-state index in [0.717, 1.165) is 4.90 Å². The van der Waals surface area contributed by atoms with Crippen LogP contribution in [0.15, 0.2) is 40.3 Å². The predicted octanol–water partition coefficient (Wildman–Crippen LogP) is 2.20. The molecule has 22 heavy (non-hydrogen) atoms. The molecule has 1 heterocycles. The fourth-order valence-electron chi connectivity index (χ4n) is 2.41. The molecule has 5 atom stereocenters. The van der Waals surface area contributed by atoms with Crippen molar-refractivity contribution in [3.8, 4) is 0 Å². The lowest BCUT2D eigenvalue weighted by Gasteiger charge is -2.23. The second-order valence-electron chi connectivity index (χ2n) is 4.82. The Labute approximate surface area is 133 Å². The molecule has 1 saturated heterocycles. The fourth-order valence-corrected chi connectivity index (χ4v) is 3.47. The first kappa shape index (κ1) is 17.1. The van der Waals surface area contributed by atoms with Crippen LogP contribution in [0.5, 0.6) is 0 Å². The minimum Gasteiger partial charge on any atom is -0.387 e. The molecule has 7 nitrogen and oxygen atoms in total. The predicted molar refractivity (Wildman–Crippen MR) is 82.6 cm³/mol. The monoisotopic (exact) mass is 325 g/mol. The molecule has 0 aromatic heterocycles. The van der Waals surface area contributed by atoms with Crippen LogP contribution in [-0.2, 0) is 14.2 Å². The number of benzene rings is 1. The van der Waals surface area contributed by atoms with Gasteiger partial charge in [0.1, 0.15) is 17.6 Å². The van der Waals surface area contributed by atoms with Crippen molar-refractivity contribution in [2.75, 3.05) is 20.8 Å². The molecular weight excluding hydrogens is 306 g/mol. The second kappa shape index (κ2) is 8.38. The normalized spacial score (nSPS) is 29.0. The Morgan fingerprint density at radius 1 is 1.41 bits per heavy atom. The van der Waals surface area contributed by atoms with Crippen molar-refractivity contribution in [3.05, 3.63) is 40.8 Å². The fraction of sp³-hybridized carbons (Fsp3) is 0.571. The number of nitrogens with zero attached hydrogens (tertiary/aromatic N) is 3. The van der Waals surface area contributed by atoms with Crippen molar-refractivity contribution in [2.24, 2.45) is 5.11 Å². The molecule has 1 aromatic carbocycles. The van der Waals surface area contributed by atoms with E-state index >= 15 is 0 Å². The average molecular weight is 325 g/mol. The summed E-state index contributed by atoms with van der Waals surface area (Å²) < 4.78 is 16.3. The number of ether oxygens (including phenoxy) is 3. The first-order valence-corrected chi connectivity index (χ1v) is 7.70. The Bertz CT molecular complexity index is 512. The molecule has 0 saturated carbocycles. The summed E-state index contributed by atoms with van der Waals surface area (Å²) in [5.41, 5.74) is 8.19. The van der Waals surface area contributed by atoms with E-state index in [4.69, 9.17) is 19.7 Å². The third kappa shape index (κ3) is 3.92. The van der Waals surface area contributed by atoms with E-state index in [1.165, 1.54) is 26.0 Å². The molecule has 1 unspecified atom stereocenters. The first-order chi connectivity index (χ1) is 10.7.